The topological polar surface area (TPSA) is 29.5 Å². The number of carbonyl (C=O) groups is 1. The van der Waals surface area contributed by atoms with Crippen LogP contribution in [0.5, 0.6) is 0 Å². The predicted octanol–water partition coefficient (Wildman–Crippen LogP) is 0.686. The zero-order valence-electron chi connectivity index (χ0n) is 7.88. The molecular weight excluding hydrogens is 154 g/mol. The highest BCUT2D eigenvalue weighted by atomic mass is 16.5. The van der Waals surface area contributed by atoms with Crippen LogP contribution in [0.25, 0.3) is 0 Å². The van der Waals surface area contributed by atoms with Gasteiger partial charge in [-0.1, -0.05) is 0 Å². The standard InChI is InChI=1S/C9H17NO2/c1-8(11)7-10(5-6-12-2)9-3-4-9/h9H,3-7H2,1-2H3. The van der Waals surface area contributed by atoms with Crippen LogP contribution in [0.1, 0.15) is 19.8 Å². The summed E-state index contributed by atoms with van der Waals surface area (Å²) in [7, 11) is 1.69. The number of Topliss-reactive ketones (excluding diaryl/α,β-unsaturated/α-hetero) is 1. The zero-order valence-corrected chi connectivity index (χ0v) is 7.88. The summed E-state index contributed by atoms with van der Waals surface area (Å²) in [5.41, 5.74) is 0. The third-order valence-electron chi connectivity index (χ3n) is 2.07. The molecule has 0 aromatic carbocycles. The van der Waals surface area contributed by atoms with Gasteiger partial charge >= 0.3 is 0 Å². The molecule has 0 radical (unpaired) electrons. The van der Waals surface area contributed by atoms with Crippen molar-refractivity contribution in [1.82, 2.24) is 4.90 Å². The Kier molecular flexibility index (Phi) is 3.69. The van der Waals surface area contributed by atoms with Crippen molar-refractivity contribution >= 4 is 5.78 Å². The van der Waals surface area contributed by atoms with E-state index in [0.717, 1.165) is 13.2 Å². The summed E-state index contributed by atoms with van der Waals surface area (Å²) in [6, 6.07) is 0.657. The Hall–Kier alpha value is -0.410. The van der Waals surface area contributed by atoms with Crippen LogP contribution in [-0.4, -0.2) is 43.5 Å². The monoisotopic (exact) mass is 171 g/mol. The molecule has 0 bridgehead atoms. The fourth-order valence-electron chi connectivity index (χ4n) is 1.32. The average Bonchev–Trinajstić information content (AvgIpc) is 2.79. The quantitative estimate of drug-likeness (QED) is 0.588. The molecule has 0 amide bonds. The SMILES string of the molecule is COCCN(CC(C)=O)C1CC1. The van der Waals surface area contributed by atoms with Crippen LogP contribution in [0.4, 0.5) is 0 Å². The minimum Gasteiger partial charge on any atom is -0.383 e. The summed E-state index contributed by atoms with van der Waals surface area (Å²) in [5.74, 6) is 0.248. The third kappa shape index (κ3) is 3.32. The van der Waals surface area contributed by atoms with Crippen LogP contribution < -0.4 is 0 Å². The Labute approximate surface area is 73.7 Å². The van der Waals surface area contributed by atoms with E-state index in [1.807, 2.05) is 0 Å². The van der Waals surface area contributed by atoms with Gasteiger partial charge in [0.15, 0.2) is 0 Å². The molecule has 12 heavy (non-hydrogen) atoms. The van der Waals surface area contributed by atoms with E-state index < -0.39 is 0 Å². The van der Waals surface area contributed by atoms with E-state index in [1.54, 1.807) is 14.0 Å². The van der Waals surface area contributed by atoms with Crippen molar-refractivity contribution in [2.24, 2.45) is 0 Å². The Morgan fingerprint density at radius 3 is 2.67 bits per heavy atom. The lowest BCUT2D eigenvalue weighted by atomic mass is 10.3. The van der Waals surface area contributed by atoms with Crippen LogP contribution in [0.15, 0.2) is 0 Å². The Morgan fingerprint density at radius 2 is 2.25 bits per heavy atom. The maximum atomic E-state index is 10.9. The first kappa shape index (κ1) is 9.68. The number of carbonyl (C=O) groups excluding carboxylic acids is 1. The van der Waals surface area contributed by atoms with E-state index in [9.17, 15) is 4.79 Å². The van der Waals surface area contributed by atoms with Gasteiger partial charge in [0.25, 0.3) is 0 Å². The van der Waals surface area contributed by atoms with E-state index in [0.29, 0.717) is 12.6 Å². The second kappa shape index (κ2) is 4.58. The molecule has 0 atom stereocenters. The minimum atomic E-state index is 0.248. The van der Waals surface area contributed by atoms with Gasteiger partial charge in [0.2, 0.25) is 0 Å². The van der Waals surface area contributed by atoms with Gasteiger partial charge < -0.3 is 4.74 Å². The molecular formula is C9H17NO2. The number of hydrogen-bond donors (Lipinski definition) is 0. The van der Waals surface area contributed by atoms with Gasteiger partial charge in [-0.05, 0) is 19.8 Å². The maximum absolute atomic E-state index is 10.9. The molecule has 1 aliphatic carbocycles. The molecule has 1 rings (SSSR count). The number of nitrogens with zero attached hydrogens (tertiary/aromatic N) is 1. The summed E-state index contributed by atoms with van der Waals surface area (Å²) in [6.45, 7) is 3.85. The van der Waals surface area contributed by atoms with Crippen LogP contribution in [0.2, 0.25) is 0 Å². The molecule has 1 fully saturated rings. The lowest BCUT2D eigenvalue weighted by Crippen LogP contribution is -2.33. The van der Waals surface area contributed by atoms with Crippen molar-refractivity contribution in [1.29, 1.82) is 0 Å². The molecule has 1 saturated carbocycles. The first-order valence-corrected chi connectivity index (χ1v) is 4.46. The number of methoxy groups -OCH3 is 1. The second-order valence-electron chi connectivity index (χ2n) is 3.40. The van der Waals surface area contributed by atoms with Crippen LogP contribution in [0.3, 0.4) is 0 Å². The molecule has 0 aliphatic heterocycles. The lowest BCUT2D eigenvalue weighted by Gasteiger charge is -2.19. The summed E-state index contributed by atoms with van der Waals surface area (Å²) < 4.78 is 4.98. The van der Waals surface area contributed by atoms with Gasteiger partial charge in [-0.25, -0.2) is 0 Å². The van der Waals surface area contributed by atoms with E-state index in [4.69, 9.17) is 4.74 Å². The van der Waals surface area contributed by atoms with Gasteiger partial charge in [-0.15, -0.1) is 0 Å². The van der Waals surface area contributed by atoms with Crippen molar-refractivity contribution in [2.45, 2.75) is 25.8 Å². The van der Waals surface area contributed by atoms with Gasteiger partial charge in [-0.3, -0.25) is 9.69 Å². The first-order chi connectivity index (χ1) is 5.74. The minimum absolute atomic E-state index is 0.248. The molecule has 0 spiro atoms. The fourth-order valence-corrected chi connectivity index (χ4v) is 1.32. The lowest BCUT2D eigenvalue weighted by molar-refractivity contribution is -0.118. The normalized spacial score (nSPS) is 16.9. The number of hydrogen-bond acceptors (Lipinski definition) is 3. The third-order valence-corrected chi connectivity index (χ3v) is 2.07. The summed E-state index contributed by atoms with van der Waals surface area (Å²) in [6.07, 6.45) is 2.49. The van der Waals surface area contributed by atoms with Gasteiger partial charge in [0, 0.05) is 19.7 Å². The molecule has 0 aromatic heterocycles. The highest BCUT2D eigenvalue weighted by Gasteiger charge is 2.28. The zero-order chi connectivity index (χ0) is 8.97. The smallest absolute Gasteiger partial charge is 0.143 e. The van der Waals surface area contributed by atoms with Crippen LogP contribution in [0, 0.1) is 0 Å². The molecule has 0 saturated heterocycles. The Bertz CT molecular complexity index is 155. The molecule has 0 unspecified atom stereocenters. The van der Waals surface area contributed by atoms with Crippen molar-refractivity contribution in [2.75, 3.05) is 26.8 Å². The Balaban J connectivity index is 2.22. The van der Waals surface area contributed by atoms with Crippen molar-refractivity contribution in [3.8, 4) is 0 Å². The van der Waals surface area contributed by atoms with Gasteiger partial charge in [-0.2, -0.15) is 0 Å². The van der Waals surface area contributed by atoms with E-state index >= 15 is 0 Å². The predicted molar refractivity (Wildman–Crippen MR) is 47.2 cm³/mol. The highest BCUT2D eigenvalue weighted by molar-refractivity contribution is 5.77. The van der Waals surface area contributed by atoms with Crippen molar-refractivity contribution in [3.05, 3.63) is 0 Å². The number of ketones is 1. The summed E-state index contributed by atoms with van der Waals surface area (Å²) >= 11 is 0. The fraction of sp³-hybridized carbons (Fsp3) is 0.889. The molecule has 0 N–H and O–H groups in total. The molecule has 3 nitrogen and oxygen atoms in total. The molecule has 70 valence electrons. The largest absolute Gasteiger partial charge is 0.383 e. The van der Waals surface area contributed by atoms with E-state index in [1.165, 1.54) is 12.8 Å². The van der Waals surface area contributed by atoms with Crippen molar-refractivity contribution in [3.63, 3.8) is 0 Å². The average molecular weight is 171 g/mol. The first-order valence-electron chi connectivity index (χ1n) is 4.46. The number of ether oxygens (including phenoxy) is 1. The molecule has 0 aromatic rings. The summed E-state index contributed by atoms with van der Waals surface area (Å²) in [4.78, 5) is 13.1. The highest BCUT2D eigenvalue weighted by Crippen LogP contribution is 2.26. The van der Waals surface area contributed by atoms with Crippen molar-refractivity contribution < 1.29 is 9.53 Å². The van der Waals surface area contributed by atoms with Crippen LogP contribution in [-0.2, 0) is 9.53 Å². The van der Waals surface area contributed by atoms with Crippen LogP contribution >= 0.6 is 0 Å². The second-order valence-corrected chi connectivity index (χ2v) is 3.40. The maximum Gasteiger partial charge on any atom is 0.143 e. The van der Waals surface area contributed by atoms with Gasteiger partial charge in [0.05, 0.1) is 13.2 Å². The molecule has 1 aliphatic rings. The number of rotatable bonds is 6. The van der Waals surface area contributed by atoms with Gasteiger partial charge in [0.1, 0.15) is 5.78 Å². The van der Waals surface area contributed by atoms with E-state index in [-0.39, 0.29) is 5.78 Å². The van der Waals surface area contributed by atoms with E-state index in [2.05, 4.69) is 4.90 Å². The Morgan fingerprint density at radius 1 is 1.58 bits per heavy atom. The molecule has 0 heterocycles. The molecule has 3 heteroatoms. The summed E-state index contributed by atoms with van der Waals surface area (Å²) in [5, 5.41) is 0.